The van der Waals surface area contributed by atoms with Crippen LogP contribution < -0.4 is 4.74 Å². The van der Waals surface area contributed by atoms with Gasteiger partial charge in [0.05, 0.1) is 7.11 Å². The highest BCUT2D eigenvalue weighted by Gasteiger charge is 2.20. The summed E-state index contributed by atoms with van der Waals surface area (Å²) in [6.07, 6.45) is -1.13. The van der Waals surface area contributed by atoms with E-state index in [0.29, 0.717) is 16.9 Å². The molecule has 0 heterocycles. The van der Waals surface area contributed by atoms with Gasteiger partial charge in [-0.05, 0) is 36.2 Å². The van der Waals surface area contributed by atoms with E-state index in [2.05, 4.69) is 0 Å². The number of carbonyl (C=O) groups is 1. The lowest BCUT2D eigenvalue weighted by molar-refractivity contribution is 0.0746. The Hall–Kier alpha value is -2.13. The molecular formula is C16H16O3. The molecule has 1 unspecified atom stereocenters. The van der Waals surface area contributed by atoms with Gasteiger partial charge in [-0.15, -0.1) is 0 Å². The summed E-state index contributed by atoms with van der Waals surface area (Å²) in [4.78, 5) is 12.3. The Bertz CT molecular complexity index is 576. The molecule has 0 aliphatic heterocycles. The van der Waals surface area contributed by atoms with E-state index in [1.54, 1.807) is 49.6 Å². The van der Waals surface area contributed by atoms with Crippen LogP contribution in [-0.2, 0) is 0 Å². The number of aryl methyl sites for hydroxylation is 1. The fourth-order valence-corrected chi connectivity index (χ4v) is 1.97. The van der Waals surface area contributed by atoms with Crippen LogP contribution in [-0.4, -0.2) is 18.0 Å². The van der Waals surface area contributed by atoms with Gasteiger partial charge in [-0.25, -0.2) is 0 Å². The first-order valence-corrected chi connectivity index (χ1v) is 6.05. The zero-order valence-electron chi connectivity index (χ0n) is 11.0. The monoisotopic (exact) mass is 256 g/mol. The third-order valence-electron chi connectivity index (χ3n) is 3.06. The van der Waals surface area contributed by atoms with Gasteiger partial charge in [-0.3, -0.25) is 4.79 Å². The minimum absolute atomic E-state index is 0.300. The van der Waals surface area contributed by atoms with Crippen molar-refractivity contribution in [2.24, 2.45) is 0 Å². The zero-order valence-corrected chi connectivity index (χ0v) is 11.0. The average molecular weight is 256 g/mol. The van der Waals surface area contributed by atoms with Crippen molar-refractivity contribution in [1.82, 2.24) is 0 Å². The van der Waals surface area contributed by atoms with Crippen molar-refractivity contribution < 1.29 is 14.6 Å². The van der Waals surface area contributed by atoms with Gasteiger partial charge in [-0.2, -0.15) is 0 Å². The van der Waals surface area contributed by atoms with Crippen LogP contribution in [0.3, 0.4) is 0 Å². The Morgan fingerprint density at radius 2 is 1.84 bits per heavy atom. The van der Waals surface area contributed by atoms with Crippen LogP contribution in [0.2, 0.25) is 0 Å². The predicted octanol–water partition coefficient (Wildman–Crippen LogP) is 2.92. The third kappa shape index (κ3) is 2.83. The molecule has 0 aliphatic carbocycles. The molecule has 0 bridgehead atoms. The standard InChI is InChI=1S/C16H16O3/c1-11-10-13(19-2)8-9-14(11)16(18)15(17)12-6-4-3-5-7-12/h3-10,15,17H,1-2H3. The summed E-state index contributed by atoms with van der Waals surface area (Å²) < 4.78 is 5.10. The Morgan fingerprint density at radius 1 is 1.16 bits per heavy atom. The highest BCUT2D eigenvalue weighted by atomic mass is 16.5. The number of carbonyl (C=O) groups excluding carboxylic acids is 1. The summed E-state index contributed by atoms with van der Waals surface area (Å²) in [5.41, 5.74) is 1.90. The molecule has 3 nitrogen and oxygen atoms in total. The quantitative estimate of drug-likeness (QED) is 0.855. The molecule has 0 aromatic heterocycles. The average Bonchev–Trinajstić information content (AvgIpc) is 2.46. The van der Waals surface area contributed by atoms with Crippen LogP contribution in [0.4, 0.5) is 0 Å². The minimum Gasteiger partial charge on any atom is -0.497 e. The van der Waals surface area contributed by atoms with Gasteiger partial charge in [0.15, 0.2) is 5.78 Å². The number of aliphatic hydroxyl groups is 1. The summed E-state index contributed by atoms with van der Waals surface area (Å²) in [6.45, 7) is 1.83. The van der Waals surface area contributed by atoms with Gasteiger partial charge in [0.2, 0.25) is 0 Å². The van der Waals surface area contributed by atoms with Gasteiger partial charge in [0.25, 0.3) is 0 Å². The lowest BCUT2D eigenvalue weighted by Gasteiger charge is -2.12. The molecule has 2 aromatic carbocycles. The molecule has 98 valence electrons. The second-order valence-corrected chi connectivity index (χ2v) is 4.36. The maximum atomic E-state index is 12.3. The van der Waals surface area contributed by atoms with Crippen molar-refractivity contribution >= 4 is 5.78 Å². The molecule has 0 amide bonds. The maximum absolute atomic E-state index is 12.3. The molecule has 0 fully saturated rings. The summed E-state index contributed by atoms with van der Waals surface area (Å²) in [5, 5.41) is 10.1. The number of ketones is 1. The number of hydrogen-bond acceptors (Lipinski definition) is 3. The molecule has 2 aromatic rings. The van der Waals surface area contributed by atoms with Gasteiger partial charge in [0.1, 0.15) is 11.9 Å². The highest BCUT2D eigenvalue weighted by Crippen LogP contribution is 2.23. The third-order valence-corrected chi connectivity index (χ3v) is 3.06. The molecule has 1 atom stereocenters. The van der Waals surface area contributed by atoms with Crippen LogP contribution in [0.1, 0.15) is 27.6 Å². The topological polar surface area (TPSA) is 46.5 Å². The molecule has 0 aliphatic rings. The fraction of sp³-hybridized carbons (Fsp3) is 0.188. The molecule has 0 radical (unpaired) electrons. The van der Waals surface area contributed by atoms with E-state index >= 15 is 0 Å². The van der Waals surface area contributed by atoms with Crippen LogP contribution in [0.15, 0.2) is 48.5 Å². The number of rotatable bonds is 4. The molecule has 2 rings (SSSR count). The highest BCUT2D eigenvalue weighted by molar-refractivity contribution is 6.01. The number of methoxy groups -OCH3 is 1. The normalized spacial score (nSPS) is 11.9. The van der Waals surface area contributed by atoms with E-state index in [4.69, 9.17) is 4.74 Å². The number of aliphatic hydroxyl groups excluding tert-OH is 1. The SMILES string of the molecule is COc1ccc(C(=O)C(O)c2ccccc2)c(C)c1. The molecule has 3 heteroatoms. The van der Waals surface area contributed by atoms with Crippen molar-refractivity contribution in [3.8, 4) is 5.75 Å². The second-order valence-electron chi connectivity index (χ2n) is 4.36. The minimum atomic E-state index is -1.13. The van der Waals surface area contributed by atoms with Crippen molar-refractivity contribution in [3.63, 3.8) is 0 Å². The van der Waals surface area contributed by atoms with Gasteiger partial charge in [-0.1, -0.05) is 30.3 Å². The number of ether oxygens (including phenoxy) is 1. The van der Waals surface area contributed by atoms with E-state index in [0.717, 1.165) is 5.56 Å². The van der Waals surface area contributed by atoms with E-state index in [9.17, 15) is 9.90 Å². The Balaban J connectivity index is 2.29. The molecule has 0 spiro atoms. The van der Waals surface area contributed by atoms with Gasteiger partial charge >= 0.3 is 0 Å². The van der Waals surface area contributed by atoms with Crippen molar-refractivity contribution in [2.75, 3.05) is 7.11 Å². The van der Waals surface area contributed by atoms with Crippen LogP contribution in [0.5, 0.6) is 5.75 Å². The zero-order chi connectivity index (χ0) is 13.8. The van der Waals surface area contributed by atoms with E-state index < -0.39 is 6.10 Å². The van der Waals surface area contributed by atoms with Crippen molar-refractivity contribution in [3.05, 3.63) is 65.2 Å². The maximum Gasteiger partial charge on any atom is 0.196 e. The van der Waals surface area contributed by atoms with Gasteiger partial charge in [0, 0.05) is 5.56 Å². The first-order chi connectivity index (χ1) is 9.13. The molecule has 1 N–H and O–H groups in total. The Kier molecular flexibility index (Phi) is 3.97. The fourth-order valence-electron chi connectivity index (χ4n) is 1.97. The van der Waals surface area contributed by atoms with Crippen LogP contribution in [0.25, 0.3) is 0 Å². The molecule has 0 saturated carbocycles. The van der Waals surface area contributed by atoms with E-state index in [-0.39, 0.29) is 5.78 Å². The Labute approximate surface area is 112 Å². The largest absolute Gasteiger partial charge is 0.497 e. The Morgan fingerprint density at radius 3 is 2.42 bits per heavy atom. The number of benzene rings is 2. The van der Waals surface area contributed by atoms with Gasteiger partial charge < -0.3 is 9.84 Å². The van der Waals surface area contributed by atoms with Crippen LogP contribution >= 0.6 is 0 Å². The summed E-state index contributed by atoms with van der Waals surface area (Å²) in [7, 11) is 1.58. The van der Waals surface area contributed by atoms with E-state index in [1.807, 2.05) is 13.0 Å². The summed E-state index contributed by atoms with van der Waals surface area (Å²) >= 11 is 0. The molecular weight excluding hydrogens is 240 g/mol. The molecule has 19 heavy (non-hydrogen) atoms. The predicted molar refractivity (Wildman–Crippen MR) is 73.5 cm³/mol. The first kappa shape index (κ1) is 13.3. The number of Topliss-reactive ketones (excluding diaryl/α,β-unsaturated/α-hetero) is 1. The summed E-state index contributed by atoms with van der Waals surface area (Å²) in [5.74, 6) is 0.398. The summed E-state index contributed by atoms with van der Waals surface area (Å²) in [6, 6.07) is 14.1. The van der Waals surface area contributed by atoms with Crippen molar-refractivity contribution in [2.45, 2.75) is 13.0 Å². The van der Waals surface area contributed by atoms with Crippen LogP contribution in [0, 0.1) is 6.92 Å². The molecule has 0 saturated heterocycles. The van der Waals surface area contributed by atoms with E-state index in [1.165, 1.54) is 0 Å². The lowest BCUT2D eigenvalue weighted by Crippen LogP contribution is -2.13. The lowest BCUT2D eigenvalue weighted by atomic mass is 9.97. The van der Waals surface area contributed by atoms with Crippen molar-refractivity contribution in [1.29, 1.82) is 0 Å². The first-order valence-electron chi connectivity index (χ1n) is 6.05. The smallest absolute Gasteiger partial charge is 0.196 e. The second kappa shape index (κ2) is 5.67. The number of hydrogen-bond donors (Lipinski definition) is 1.